The van der Waals surface area contributed by atoms with Crippen molar-refractivity contribution in [2.24, 2.45) is 0 Å². The monoisotopic (exact) mass is 265 g/mol. The molecule has 0 aliphatic carbocycles. The van der Waals surface area contributed by atoms with Crippen LogP contribution in [0, 0.1) is 6.92 Å². The van der Waals surface area contributed by atoms with Crippen molar-refractivity contribution in [1.29, 1.82) is 0 Å². The van der Waals surface area contributed by atoms with E-state index in [1.54, 1.807) is 36.0 Å². The van der Waals surface area contributed by atoms with Crippen molar-refractivity contribution in [2.45, 2.75) is 25.3 Å². The van der Waals surface area contributed by atoms with Crippen LogP contribution in [-0.2, 0) is 16.6 Å². The molecular formula is C12H15N3O2S. The third-order valence-electron chi connectivity index (χ3n) is 2.59. The molecule has 6 heteroatoms. The molecule has 96 valence electrons. The van der Waals surface area contributed by atoms with Gasteiger partial charge in [-0.2, -0.15) is 5.10 Å². The quantitative estimate of drug-likeness (QED) is 0.919. The Morgan fingerprint density at radius 2 is 2.06 bits per heavy atom. The van der Waals surface area contributed by atoms with Gasteiger partial charge in [-0.3, -0.25) is 9.40 Å². The summed E-state index contributed by atoms with van der Waals surface area (Å²) >= 11 is 0. The zero-order chi connectivity index (χ0) is 13.2. The summed E-state index contributed by atoms with van der Waals surface area (Å²) in [5, 5.41) is 4.02. The van der Waals surface area contributed by atoms with Crippen LogP contribution in [0.15, 0.2) is 41.6 Å². The SMILES string of the molecule is CCn1cc(NS(=O)(=O)c2ccccc2C)cn1. The minimum atomic E-state index is -3.54. The molecule has 0 bridgehead atoms. The van der Waals surface area contributed by atoms with Crippen LogP contribution in [0.3, 0.4) is 0 Å². The Balaban J connectivity index is 2.30. The molecular weight excluding hydrogens is 250 g/mol. The van der Waals surface area contributed by atoms with Crippen molar-refractivity contribution in [2.75, 3.05) is 4.72 Å². The van der Waals surface area contributed by atoms with Gasteiger partial charge in [-0.25, -0.2) is 8.42 Å². The standard InChI is InChI=1S/C12H15N3O2S/c1-3-15-9-11(8-13-15)14-18(16,17)12-7-5-4-6-10(12)2/h4-9,14H,3H2,1-2H3. The van der Waals surface area contributed by atoms with Gasteiger partial charge in [-0.1, -0.05) is 18.2 Å². The van der Waals surface area contributed by atoms with Crippen LogP contribution in [0.2, 0.25) is 0 Å². The highest BCUT2D eigenvalue weighted by atomic mass is 32.2. The lowest BCUT2D eigenvalue weighted by molar-refractivity contribution is 0.600. The minimum absolute atomic E-state index is 0.286. The molecule has 5 nitrogen and oxygen atoms in total. The van der Waals surface area contributed by atoms with E-state index < -0.39 is 10.0 Å². The van der Waals surface area contributed by atoms with E-state index in [-0.39, 0.29) is 4.90 Å². The molecule has 2 rings (SSSR count). The fourth-order valence-electron chi connectivity index (χ4n) is 1.66. The molecule has 0 aliphatic heterocycles. The summed E-state index contributed by atoms with van der Waals surface area (Å²) in [4.78, 5) is 0.286. The topological polar surface area (TPSA) is 64.0 Å². The predicted octanol–water partition coefficient (Wildman–Crippen LogP) is 2.01. The second kappa shape index (κ2) is 4.81. The van der Waals surface area contributed by atoms with E-state index in [2.05, 4.69) is 9.82 Å². The zero-order valence-corrected chi connectivity index (χ0v) is 11.1. The second-order valence-electron chi connectivity index (χ2n) is 3.96. The van der Waals surface area contributed by atoms with Crippen LogP contribution in [0.1, 0.15) is 12.5 Å². The first-order chi connectivity index (χ1) is 8.53. The first-order valence-electron chi connectivity index (χ1n) is 5.64. The maximum absolute atomic E-state index is 12.2. The van der Waals surface area contributed by atoms with Crippen molar-refractivity contribution in [3.8, 4) is 0 Å². The Morgan fingerprint density at radius 1 is 1.33 bits per heavy atom. The van der Waals surface area contributed by atoms with E-state index in [0.717, 1.165) is 0 Å². The van der Waals surface area contributed by atoms with Gasteiger partial charge in [-0.05, 0) is 25.5 Å². The lowest BCUT2D eigenvalue weighted by Gasteiger charge is -2.08. The number of hydrogen-bond acceptors (Lipinski definition) is 3. The van der Waals surface area contributed by atoms with Crippen LogP contribution < -0.4 is 4.72 Å². The summed E-state index contributed by atoms with van der Waals surface area (Å²) in [6.45, 7) is 4.41. The third-order valence-corrected chi connectivity index (χ3v) is 4.13. The fourth-order valence-corrected chi connectivity index (χ4v) is 2.93. The number of rotatable bonds is 4. The number of hydrogen-bond donors (Lipinski definition) is 1. The van der Waals surface area contributed by atoms with Crippen LogP contribution in [0.25, 0.3) is 0 Å². The van der Waals surface area contributed by atoms with E-state index in [1.165, 1.54) is 6.20 Å². The number of benzene rings is 1. The lowest BCUT2D eigenvalue weighted by atomic mass is 10.2. The van der Waals surface area contributed by atoms with Crippen LogP contribution >= 0.6 is 0 Å². The number of sulfonamides is 1. The molecule has 0 atom stereocenters. The lowest BCUT2D eigenvalue weighted by Crippen LogP contribution is -2.13. The van der Waals surface area contributed by atoms with Gasteiger partial charge in [0.1, 0.15) is 0 Å². The number of aryl methyl sites for hydroxylation is 2. The van der Waals surface area contributed by atoms with E-state index in [4.69, 9.17) is 0 Å². The summed E-state index contributed by atoms with van der Waals surface area (Å²) in [6, 6.07) is 6.87. The summed E-state index contributed by atoms with van der Waals surface area (Å²) in [5.41, 5.74) is 1.19. The Hall–Kier alpha value is -1.82. The molecule has 1 aromatic heterocycles. The molecule has 0 spiro atoms. The van der Waals surface area contributed by atoms with E-state index in [1.807, 2.05) is 13.0 Å². The summed E-state index contributed by atoms with van der Waals surface area (Å²) < 4.78 is 28.5. The van der Waals surface area contributed by atoms with Crippen LogP contribution in [0.4, 0.5) is 5.69 Å². The van der Waals surface area contributed by atoms with E-state index >= 15 is 0 Å². The van der Waals surface area contributed by atoms with Crippen molar-refractivity contribution in [1.82, 2.24) is 9.78 Å². The molecule has 0 fully saturated rings. The minimum Gasteiger partial charge on any atom is -0.276 e. The summed E-state index contributed by atoms with van der Waals surface area (Å²) in [5.74, 6) is 0. The van der Waals surface area contributed by atoms with Gasteiger partial charge in [0, 0.05) is 12.7 Å². The van der Waals surface area contributed by atoms with Crippen LogP contribution in [-0.4, -0.2) is 18.2 Å². The predicted molar refractivity (Wildman–Crippen MR) is 69.9 cm³/mol. The van der Waals surface area contributed by atoms with Gasteiger partial charge >= 0.3 is 0 Å². The van der Waals surface area contributed by atoms with Gasteiger partial charge in [0.15, 0.2) is 0 Å². The smallest absolute Gasteiger partial charge is 0.262 e. The number of anilines is 1. The molecule has 0 radical (unpaired) electrons. The largest absolute Gasteiger partial charge is 0.276 e. The molecule has 0 aliphatic rings. The first kappa shape index (κ1) is 12.6. The molecule has 0 saturated carbocycles. The average molecular weight is 265 g/mol. The van der Waals surface area contributed by atoms with Gasteiger partial charge in [0.05, 0.1) is 16.8 Å². The third kappa shape index (κ3) is 2.53. The molecule has 1 N–H and O–H groups in total. The van der Waals surface area contributed by atoms with Gasteiger partial charge in [0.25, 0.3) is 10.0 Å². The molecule has 2 aromatic rings. The maximum Gasteiger partial charge on any atom is 0.262 e. The van der Waals surface area contributed by atoms with E-state index in [0.29, 0.717) is 17.8 Å². The van der Waals surface area contributed by atoms with Gasteiger partial charge in [-0.15, -0.1) is 0 Å². The molecule has 1 aromatic carbocycles. The molecule has 1 heterocycles. The normalized spacial score (nSPS) is 11.4. The number of nitrogens with one attached hydrogen (secondary N) is 1. The maximum atomic E-state index is 12.2. The Bertz CT molecular complexity index is 647. The van der Waals surface area contributed by atoms with Crippen molar-refractivity contribution < 1.29 is 8.42 Å². The average Bonchev–Trinajstić information content (AvgIpc) is 2.76. The summed E-state index contributed by atoms with van der Waals surface area (Å²) in [6.07, 6.45) is 3.16. The Labute approximate surface area is 107 Å². The highest BCUT2D eigenvalue weighted by molar-refractivity contribution is 7.92. The fraction of sp³-hybridized carbons (Fsp3) is 0.250. The van der Waals surface area contributed by atoms with Crippen LogP contribution in [0.5, 0.6) is 0 Å². The second-order valence-corrected chi connectivity index (χ2v) is 5.61. The number of aromatic nitrogens is 2. The first-order valence-corrected chi connectivity index (χ1v) is 7.12. The van der Waals surface area contributed by atoms with Crippen molar-refractivity contribution >= 4 is 15.7 Å². The number of nitrogens with zero attached hydrogens (tertiary/aromatic N) is 2. The highest BCUT2D eigenvalue weighted by Gasteiger charge is 2.16. The zero-order valence-electron chi connectivity index (χ0n) is 10.3. The molecule has 0 saturated heterocycles. The van der Waals surface area contributed by atoms with E-state index in [9.17, 15) is 8.42 Å². The Morgan fingerprint density at radius 3 is 2.67 bits per heavy atom. The summed E-state index contributed by atoms with van der Waals surface area (Å²) in [7, 11) is -3.54. The molecule has 0 amide bonds. The van der Waals surface area contributed by atoms with Crippen molar-refractivity contribution in [3.63, 3.8) is 0 Å². The van der Waals surface area contributed by atoms with Gasteiger partial charge < -0.3 is 0 Å². The molecule has 0 unspecified atom stereocenters. The van der Waals surface area contributed by atoms with Crippen molar-refractivity contribution in [3.05, 3.63) is 42.2 Å². The Kier molecular flexibility index (Phi) is 3.38. The highest BCUT2D eigenvalue weighted by Crippen LogP contribution is 2.18. The molecule has 18 heavy (non-hydrogen) atoms. The van der Waals surface area contributed by atoms with Gasteiger partial charge in [0.2, 0.25) is 0 Å².